The Morgan fingerprint density at radius 3 is 3.00 bits per heavy atom. The number of imidazole rings is 1. The first-order valence-corrected chi connectivity index (χ1v) is 8.20. The average molecular weight is 314 g/mol. The molecular formula is C16H18N4OS. The first-order valence-electron chi connectivity index (χ1n) is 7.39. The highest BCUT2D eigenvalue weighted by atomic mass is 32.1. The van der Waals surface area contributed by atoms with E-state index in [4.69, 9.17) is 0 Å². The molecule has 0 saturated carbocycles. The Morgan fingerprint density at radius 2 is 2.27 bits per heavy atom. The van der Waals surface area contributed by atoms with E-state index in [9.17, 15) is 4.79 Å². The standard InChI is InChI=1S/C16H18N4OS/c1-2-5-12(20-9-8-17-11-20)10-15(21)19-16-18-13-6-3-4-7-14(13)22-16/h3-4,6-9,11-12H,2,5,10H2,1H3,(H,18,19,21)/t12-/m0/s1. The first kappa shape index (κ1) is 14.7. The lowest BCUT2D eigenvalue weighted by atomic mass is 10.1. The van der Waals surface area contributed by atoms with Crippen molar-refractivity contribution in [2.45, 2.75) is 32.2 Å². The van der Waals surface area contributed by atoms with Crippen LogP contribution in [0.3, 0.4) is 0 Å². The van der Waals surface area contributed by atoms with Gasteiger partial charge in [-0.25, -0.2) is 9.97 Å². The third kappa shape index (κ3) is 3.33. The maximum atomic E-state index is 12.3. The predicted molar refractivity (Wildman–Crippen MR) is 89.0 cm³/mol. The molecule has 2 aromatic heterocycles. The zero-order valence-corrected chi connectivity index (χ0v) is 13.2. The normalized spacial score (nSPS) is 12.4. The molecule has 0 saturated heterocycles. The van der Waals surface area contributed by atoms with Crippen molar-refractivity contribution in [2.75, 3.05) is 5.32 Å². The molecule has 0 aliphatic carbocycles. The summed E-state index contributed by atoms with van der Waals surface area (Å²) >= 11 is 1.50. The maximum absolute atomic E-state index is 12.3. The highest BCUT2D eigenvalue weighted by Crippen LogP contribution is 2.26. The molecule has 0 radical (unpaired) electrons. The number of hydrogen-bond donors (Lipinski definition) is 1. The van der Waals surface area contributed by atoms with Gasteiger partial charge in [0.25, 0.3) is 0 Å². The summed E-state index contributed by atoms with van der Waals surface area (Å²) in [7, 11) is 0. The van der Waals surface area contributed by atoms with Gasteiger partial charge in [0.15, 0.2) is 5.13 Å². The van der Waals surface area contributed by atoms with Crippen molar-refractivity contribution in [1.82, 2.24) is 14.5 Å². The van der Waals surface area contributed by atoms with Gasteiger partial charge in [0, 0.05) is 24.9 Å². The van der Waals surface area contributed by atoms with E-state index >= 15 is 0 Å². The number of aromatic nitrogens is 3. The molecule has 0 aliphatic rings. The Bertz CT molecular complexity index is 717. The minimum atomic E-state index is -0.00814. The van der Waals surface area contributed by atoms with Gasteiger partial charge < -0.3 is 9.88 Å². The Labute approximate surface area is 133 Å². The second-order valence-corrected chi connectivity index (χ2v) is 6.22. The van der Waals surface area contributed by atoms with Gasteiger partial charge in [-0.3, -0.25) is 4.79 Å². The lowest BCUT2D eigenvalue weighted by Crippen LogP contribution is -2.18. The average Bonchev–Trinajstić information content (AvgIpc) is 3.15. The van der Waals surface area contributed by atoms with Crippen LogP contribution < -0.4 is 5.32 Å². The van der Waals surface area contributed by atoms with Crippen LogP contribution >= 0.6 is 11.3 Å². The molecule has 3 rings (SSSR count). The van der Waals surface area contributed by atoms with Crippen molar-refractivity contribution in [3.8, 4) is 0 Å². The number of amides is 1. The summed E-state index contributed by atoms with van der Waals surface area (Å²) in [6.45, 7) is 2.12. The zero-order chi connectivity index (χ0) is 15.4. The zero-order valence-electron chi connectivity index (χ0n) is 12.4. The number of anilines is 1. The molecule has 0 fully saturated rings. The number of carbonyl (C=O) groups is 1. The Morgan fingerprint density at radius 1 is 1.41 bits per heavy atom. The van der Waals surface area contributed by atoms with Crippen molar-refractivity contribution in [2.24, 2.45) is 0 Å². The summed E-state index contributed by atoms with van der Waals surface area (Å²) in [6, 6.07) is 8.02. The number of nitrogens with zero attached hydrogens (tertiary/aromatic N) is 3. The van der Waals surface area contributed by atoms with E-state index in [0.717, 1.165) is 23.1 Å². The molecule has 1 aromatic carbocycles. The van der Waals surface area contributed by atoms with Crippen LogP contribution in [-0.4, -0.2) is 20.4 Å². The van der Waals surface area contributed by atoms with Gasteiger partial charge in [0.1, 0.15) is 0 Å². The van der Waals surface area contributed by atoms with Crippen molar-refractivity contribution in [1.29, 1.82) is 0 Å². The van der Waals surface area contributed by atoms with Crippen LogP contribution in [0.4, 0.5) is 5.13 Å². The largest absolute Gasteiger partial charge is 0.334 e. The number of carbonyl (C=O) groups excluding carboxylic acids is 1. The second-order valence-electron chi connectivity index (χ2n) is 5.19. The summed E-state index contributed by atoms with van der Waals surface area (Å²) in [6.07, 6.45) is 7.83. The number of benzene rings is 1. The molecule has 0 bridgehead atoms. The summed E-state index contributed by atoms with van der Waals surface area (Å²) in [5, 5.41) is 3.58. The van der Waals surface area contributed by atoms with Crippen molar-refractivity contribution in [3.05, 3.63) is 43.0 Å². The fourth-order valence-electron chi connectivity index (χ4n) is 2.49. The van der Waals surface area contributed by atoms with Gasteiger partial charge in [-0.2, -0.15) is 0 Å². The van der Waals surface area contributed by atoms with Crippen molar-refractivity contribution < 1.29 is 4.79 Å². The number of fused-ring (bicyclic) bond motifs is 1. The minimum Gasteiger partial charge on any atom is -0.334 e. The van der Waals surface area contributed by atoms with Crippen LogP contribution in [0.15, 0.2) is 43.0 Å². The second kappa shape index (κ2) is 6.70. The molecule has 22 heavy (non-hydrogen) atoms. The predicted octanol–water partition coefficient (Wildman–Crippen LogP) is 3.86. The molecule has 5 nitrogen and oxygen atoms in total. The highest BCUT2D eigenvalue weighted by molar-refractivity contribution is 7.22. The topological polar surface area (TPSA) is 59.8 Å². The molecule has 114 valence electrons. The number of nitrogens with one attached hydrogen (secondary N) is 1. The molecular weight excluding hydrogens is 296 g/mol. The molecule has 3 aromatic rings. The molecule has 2 heterocycles. The van der Waals surface area contributed by atoms with E-state index in [1.165, 1.54) is 11.3 Å². The monoisotopic (exact) mass is 314 g/mol. The van der Waals surface area contributed by atoms with E-state index in [1.807, 2.05) is 35.0 Å². The van der Waals surface area contributed by atoms with Gasteiger partial charge in [-0.1, -0.05) is 36.8 Å². The van der Waals surface area contributed by atoms with E-state index in [2.05, 4.69) is 22.2 Å². The van der Waals surface area contributed by atoms with Crippen LogP contribution in [0.1, 0.15) is 32.2 Å². The van der Waals surface area contributed by atoms with Crippen molar-refractivity contribution in [3.63, 3.8) is 0 Å². The van der Waals surface area contributed by atoms with Crippen LogP contribution in [0.25, 0.3) is 10.2 Å². The van der Waals surface area contributed by atoms with Gasteiger partial charge in [0.2, 0.25) is 5.91 Å². The molecule has 0 aliphatic heterocycles. The Hall–Kier alpha value is -2.21. The Balaban J connectivity index is 1.68. The van der Waals surface area contributed by atoms with E-state index < -0.39 is 0 Å². The van der Waals surface area contributed by atoms with Crippen LogP contribution in [-0.2, 0) is 4.79 Å². The number of thiazole rings is 1. The lowest BCUT2D eigenvalue weighted by Gasteiger charge is -2.16. The van der Waals surface area contributed by atoms with Crippen LogP contribution in [0, 0.1) is 0 Å². The molecule has 1 atom stereocenters. The van der Waals surface area contributed by atoms with E-state index in [0.29, 0.717) is 11.6 Å². The smallest absolute Gasteiger partial charge is 0.228 e. The molecule has 0 spiro atoms. The third-order valence-corrected chi connectivity index (χ3v) is 4.48. The Kier molecular flexibility index (Phi) is 4.48. The molecule has 6 heteroatoms. The molecule has 1 N–H and O–H groups in total. The summed E-state index contributed by atoms with van der Waals surface area (Å²) in [4.78, 5) is 20.8. The quantitative estimate of drug-likeness (QED) is 0.751. The van der Waals surface area contributed by atoms with Crippen LogP contribution in [0.5, 0.6) is 0 Å². The third-order valence-electron chi connectivity index (χ3n) is 3.53. The van der Waals surface area contributed by atoms with Crippen LogP contribution in [0.2, 0.25) is 0 Å². The summed E-state index contributed by atoms with van der Waals surface area (Å²) < 4.78 is 3.08. The van der Waals surface area contributed by atoms with E-state index in [1.54, 1.807) is 12.5 Å². The molecule has 1 amide bonds. The SMILES string of the molecule is CCC[C@@H](CC(=O)Nc1nc2ccccc2s1)n1ccnc1. The first-order chi connectivity index (χ1) is 10.8. The van der Waals surface area contributed by atoms with Gasteiger partial charge in [-0.05, 0) is 18.6 Å². The summed E-state index contributed by atoms with van der Waals surface area (Å²) in [5.74, 6) is -0.00814. The van der Waals surface area contributed by atoms with Gasteiger partial charge in [0.05, 0.1) is 16.5 Å². The number of rotatable bonds is 6. The maximum Gasteiger partial charge on any atom is 0.228 e. The minimum absolute atomic E-state index is 0.00814. The fourth-order valence-corrected chi connectivity index (χ4v) is 3.37. The highest BCUT2D eigenvalue weighted by Gasteiger charge is 2.16. The van der Waals surface area contributed by atoms with E-state index in [-0.39, 0.29) is 11.9 Å². The van der Waals surface area contributed by atoms with Gasteiger partial charge >= 0.3 is 0 Å². The fraction of sp³-hybridized carbons (Fsp3) is 0.312. The lowest BCUT2D eigenvalue weighted by molar-refractivity contribution is -0.117. The summed E-state index contributed by atoms with van der Waals surface area (Å²) in [5.41, 5.74) is 0.919. The number of hydrogen-bond acceptors (Lipinski definition) is 4. The molecule has 0 unspecified atom stereocenters. The van der Waals surface area contributed by atoms with Gasteiger partial charge in [-0.15, -0.1) is 0 Å². The van der Waals surface area contributed by atoms with Crippen molar-refractivity contribution >= 4 is 32.6 Å². The number of para-hydroxylation sites is 1.